The molecule has 0 unspecified atom stereocenters. The molecule has 0 heterocycles. The first kappa shape index (κ1) is 20.5. The van der Waals surface area contributed by atoms with Gasteiger partial charge >= 0.3 is 6.09 Å². The number of hydrogen-bond donors (Lipinski definition) is 3. The van der Waals surface area contributed by atoms with Crippen molar-refractivity contribution in [3.05, 3.63) is 75.8 Å². The van der Waals surface area contributed by atoms with Crippen LogP contribution >= 0.6 is 0 Å². The maximum atomic E-state index is 12.0. The van der Waals surface area contributed by atoms with Crippen LogP contribution < -0.4 is 10.7 Å². The fraction of sp³-hybridized carbons (Fsp3) is 0.167. The molecule has 0 bridgehead atoms. The van der Waals surface area contributed by atoms with Crippen molar-refractivity contribution in [1.82, 2.24) is 10.7 Å². The molecule has 0 aromatic heterocycles. The number of benzene rings is 2. The van der Waals surface area contributed by atoms with Crippen LogP contribution in [0.4, 0.5) is 10.5 Å². The Morgan fingerprint density at radius 3 is 2.64 bits per heavy atom. The van der Waals surface area contributed by atoms with E-state index in [2.05, 4.69) is 15.8 Å². The zero-order chi connectivity index (χ0) is 20.4. The highest BCUT2D eigenvalue weighted by Gasteiger charge is 2.20. The monoisotopic (exact) mass is 386 g/mol. The van der Waals surface area contributed by atoms with Gasteiger partial charge in [-0.2, -0.15) is 5.10 Å². The molecule has 2 amide bonds. The average Bonchev–Trinajstić information content (AvgIpc) is 2.71. The van der Waals surface area contributed by atoms with Crippen molar-refractivity contribution in [3.63, 3.8) is 0 Å². The molecular formula is C18H18N4O6. The van der Waals surface area contributed by atoms with Crippen molar-refractivity contribution in [1.29, 1.82) is 0 Å². The number of hydrazone groups is 1. The molecule has 0 radical (unpaired) electrons. The van der Waals surface area contributed by atoms with Crippen LogP contribution in [0.5, 0.6) is 0 Å². The van der Waals surface area contributed by atoms with Gasteiger partial charge in [-0.25, -0.2) is 10.2 Å². The molecule has 0 saturated carbocycles. The minimum absolute atomic E-state index is 0.0113. The van der Waals surface area contributed by atoms with Gasteiger partial charge in [0.1, 0.15) is 12.6 Å². The average molecular weight is 386 g/mol. The van der Waals surface area contributed by atoms with Crippen LogP contribution in [-0.4, -0.2) is 40.9 Å². The first-order chi connectivity index (χ1) is 13.5. The first-order valence-corrected chi connectivity index (χ1v) is 8.15. The number of aliphatic hydroxyl groups is 1. The maximum absolute atomic E-state index is 12.0. The van der Waals surface area contributed by atoms with E-state index in [0.29, 0.717) is 5.56 Å². The summed E-state index contributed by atoms with van der Waals surface area (Å²) in [5, 5.41) is 25.9. The molecule has 1 atom stereocenters. The lowest BCUT2D eigenvalue weighted by Gasteiger charge is -2.14. The number of nitro groups is 1. The van der Waals surface area contributed by atoms with Crippen molar-refractivity contribution in [2.45, 2.75) is 12.6 Å². The zero-order valence-corrected chi connectivity index (χ0v) is 14.6. The minimum atomic E-state index is -1.27. The van der Waals surface area contributed by atoms with E-state index in [0.717, 1.165) is 5.56 Å². The van der Waals surface area contributed by atoms with E-state index < -0.39 is 29.6 Å². The number of aliphatic hydroxyl groups excluding tert-OH is 1. The van der Waals surface area contributed by atoms with Crippen LogP contribution in [0.3, 0.4) is 0 Å². The lowest BCUT2D eigenvalue weighted by Crippen LogP contribution is -2.47. The number of nitro benzene ring substituents is 1. The summed E-state index contributed by atoms with van der Waals surface area (Å²) < 4.78 is 4.98. The molecule has 2 aromatic rings. The van der Waals surface area contributed by atoms with Gasteiger partial charge in [-0.05, 0) is 5.56 Å². The molecule has 0 aliphatic rings. The third-order valence-corrected chi connectivity index (χ3v) is 3.47. The number of carbonyl (C=O) groups excluding carboxylic acids is 2. The normalized spacial score (nSPS) is 11.6. The van der Waals surface area contributed by atoms with Gasteiger partial charge in [-0.3, -0.25) is 14.9 Å². The highest BCUT2D eigenvalue weighted by molar-refractivity contribution is 5.87. The molecule has 146 valence electrons. The van der Waals surface area contributed by atoms with Crippen LogP contribution in [0.1, 0.15) is 11.1 Å². The molecule has 2 aromatic carbocycles. The predicted molar refractivity (Wildman–Crippen MR) is 99.5 cm³/mol. The van der Waals surface area contributed by atoms with Crippen molar-refractivity contribution >= 4 is 23.9 Å². The van der Waals surface area contributed by atoms with Gasteiger partial charge in [-0.15, -0.1) is 0 Å². The van der Waals surface area contributed by atoms with Gasteiger partial charge < -0.3 is 15.2 Å². The summed E-state index contributed by atoms with van der Waals surface area (Å²) in [7, 11) is 0. The van der Waals surface area contributed by atoms with E-state index in [1.54, 1.807) is 30.3 Å². The van der Waals surface area contributed by atoms with Gasteiger partial charge in [0.15, 0.2) is 0 Å². The molecule has 10 heteroatoms. The summed E-state index contributed by atoms with van der Waals surface area (Å²) in [5.41, 5.74) is 3.18. The van der Waals surface area contributed by atoms with Gasteiger partial charge in [0.05, 0.1) is 17.7 Å². The molecule has 28 heavy (non-hydrogen) atoms. The highest BCUT2D eigenvalue weighted by Crippen LogP contribution is 2.11. The third kappa shape index (κ3) is 6.50. The molecule has 3 N–H and O–H groups in total. The number of ether oxygens (including phenoxy) is 1. The lowest BCUT2D eigenvalue weighted by molar-refractivity contribution is -0.384. The lowest BCUT2D eigenvalue weighted by atomic mass is 10.2. The molecular weight excluding hydrogens is 368 g/mol. The second kappa shape index (κ2) is 10.4. The summed E-state index contributed by atoms with van der Waals surface area (Å²) in [5.74, 6) is -0.777. The molecule has 10 nitrogen and oxygen atoms in total. The fourth-order valence-electron chi connectivity index (χ4n) is 2.07. The van der Waals surface area contributed by atoms with Gasteiger partial charge in [0.25, 0.3) is 11.6 Å². The number of hydrogen-bond acceptors (Lipinski definition) is 7. The third-order valence-electron chi connectivity index (χ3n) is 3.47. The molecule has 0 saturated heterocycles. The minimum Gasteiger partial charge on any atom is -0.445 e. The van der Waals surface area contributed by atoms with E-state index in [4.69, 9.17) is 4.74 Å². The van der Waals surface area contributed by atoms with Crippen molar-refractivity contribution in [2.24, 2.45) is 5.10 Å². The highest BCUT2D eigenvalue weighted by atomic mass is 16.6. The number of nitrogens with one attached hydrogen (secondary N) is 2. The Kier molecular flexibility index (Phi) is 7.61. The van der Waals surface area contributed by atoms with Crippen LogP contribution in [-0.2, 0) is 16.1 Å². The maximum Gasteiger partial charge on any atom is 0.408 e. The number of alkyl carbamates (subject to hydrolysis) is 1. The van der Waals surface area contributed by atoms with Crippen LogP contribution in [0, 0.1) is 10.1 Å². The SMILES string of the molecule is O=C(N[C@@H](CO)C(=O)N/N=C/c1cccc([N+](=O)[O-])c1)OCc1ccccc1. The van der Waals surface area contributed by atoms with Crippen LogP contribution in [0.15, 0.2) is 59.7 Å². The summed E-state index contributed by atoms with van der Waals surface area (Å²) in [6, 6.07) is 13.3. The van der Waals surface area contributed by atoms with Gasteiger partial charge in [-0.1, -0.05) is 42.5 Å². The van der Waals surface area contributed by atoms with E-state index in [1.165, 1.54) is 24.4 Å². The summed E-state index contributed by atoms with van der Waals surface area (Å²) >= 11 is 0. The Morgan fingerprint density at radius 2 is 1.96 bits per heavy atom. The second-order valence-electron chi connectivity index (χ2n) is 5.53. The largest absolute Gasteiger partial charge is 0.445 e. The van der Waals surface area contributed by atoms with Gasteiger partial charge in [0.2, 0.25) is 0 Å². The molecule has 0 aliphatic heterocycles. The topological polar surface area (TPSA) is 143 Å². The van der Waals surface area contributed by atoms with Crippen molar-refractivity contribution in [2.75, 3.05) is 6.61 Å². The Bertz CT molecular complexity index is 856. The predicted octanol–water partition coefficient (Wildman–Crippen LogP) is 1.33. The standard InChI is InChI=1S/C18H18N4O6/c23-11-16(20-18(25)28-12-13-5-2-1-3-6-13)17(24)21-19-10-14-7-4-8-15(9-14)22(26)27/h1-10,16,23H,11-12H2,(H,20,25)(H,21,24)/b19-10+/t16-/m0/s1. The Hall–Kier alpha value is -3.79. The molecule has 0 spiro atoms. The Morgan fingerprint density at radius 1 is 1.21 bits per heavy atom. The molecule has 0 aliphatic carbocycles. The van der Waals surface area contributed by atoms with Gasteiger partial charge in [0, 0.05) is 17.7 Å². The number of rotatable bonds is 8. The quantitative estimate of drug-likeness (QED) is 0.355. The fourth-order valence-corrected chi connectivity index (χ4v) is 2.07. The van der Waals surface area contributed by atoms with Crippen LogP contribution in [0.2, 0.25) is 0 Å². The van der Waals surface area contributed by atoms with Crippen molar-refractivity contribution < 1.29 is 24.4 Å². The smallest absolute Gasteiger partial charge is 0.408 e. The van der Waals surface area contributed by atoms with E-state index in [1.807, 2.05) is 6.07 Å². The number of nitrogens with zero attached hydrogens (tertiary/aromatic N) is 2. The summed E-state index contributed by atoms with van der Waals surface area (Å²) in [6.07, 6.45) is 0.327. The summed E-state index contributed by atoms with van der Waals surface area (Å²) in [4.78, 5) is 33.9. The van der Waals surface area contributed by atoms with Crippen LogP contribution in [0.25, 0.3) is 0 Å². The Balaban J connectivity index is 1.84. The number of carbonyl (C=O) groups is 2. The van der Waals surface area contributed by atoms with E-state index >= 15 is 0 Å². The van der Waals surface area contributed by atoms with Crippen molar-refractivity contribution in [3.8, 4) is 0 Å². The zero-order valence-electron chi connectivity index (χ0n) is 14.6. The molecule has 0 fully saturated rings. The number of amides is 2. The van der Waals surface area contributed by atoms with E-state index in [9.17, 15) is 24.8 Å². The number of non-ortho nitro benzene ring substituents is 1. The van der Waals surface area contributed by atoms with E-state index in [-0.39, 0.29) is 12.3 Å². The molecule has 2 rings (SSSR count). The Labute approximate surface area is 160 Å². The first-order valence-electron chi connectivity index (χ1n) is 8.15. The summed E-state index contributed by atoms with van der Waals surface area (Å²) in [6.45, 7) is -0.657. The second-order valence-corrected chi connectivity index (χ2v) is 5.53.